The molecule has 2 aliphatic heterocycles. The first-order valence-electron chi connectivity index (χ1n) is 10.9. The summed E-state index contributed by atoms with van der Waals surface area (Å²) in [6.45, 7) is 1.96. The quantitative estimate of drug-likeness (QED) is 0.705. The molecule has 6 nitrogen and oxygen atoms in total. The number of carbonyl (C=O) groups excluding carboxylic acids is 2. The number of rotatable bonds is 4. The lowest BCUT2D eigenvalue weighted by molar-refractivity contribution is -0.133. The molecule has 0 saturated carbocycles. The molecular weight excluding hydrogens is 388 g/mol. The number of amides is 2. The van der Waals surface area contributed by atoms with Crippen LogP contribution in [0.15, 0.2) is 67.0 Å². The molecule has 3 heterocycles. The molecule has 31 heavy (non-hydrogen) atoms. The van der Waals surface area contributed by atoms with Gasteiger partial charge in [0.25, 0.3) is 5.91 Å². The van der Waals surface area contributed by atoms with E-state index in [4.69, 9.17) is 0 Å². The van der Waals surface area contributed by atoms with Crippen molar-refractivity contribution < 1.29 is 9.59 Å². The number of likely N-dealkylation sites (tertiary alicyclic amines) is 2. The molecule has 0 atom stereocenters. The highest BCUT2D eigenvalue weighted by Gasteiger charge is 2.47. The number of nitrogens with one attached hydrogen (secondary N) is 1. The van der Waals surface area contributed by atoms with Crippen molar-refractivity contribution in [1.82, 2.24) is 19.8 Å². The van der Waals surface area contributed by atoms with Crippen molar-refractivity contribution in [2.75, 3.05) is 13.1 Å². The lowest BCUT2D eigenvalue weighted by atomic mass is 9.84. The Morgan fingerprint density at radius 1 is 1.00 bits per heavy atom. The number of benzene rings is 2. The maximum atomic E-state index is 13.4. The molecule has 2 amide bonds. The molecule has 158 valence electrons. The van der Waals surface area contributed by atoms with Gasteiger partial charge in [-0.1, -0.05) is 48.5 Å². The van der Waals surface area contributed by atoms with Gasteiger partial charge in [-0.2, -0.15) is 0 Å². The molecule has 2 saturated heterocycles. The number of hydrogen-bond donors (Lipinski definition) is 1. The molecule has 0 unspecified atom stereocenters. The van der Waals surface area contributed by atoms with E-state index in [1.165, 1.54) is 0 Å². The molecule has 0 aliphatic carbocycles. The summed E-state index contributed by atoms with van der Waals surface area (Å²) in [5.41, 5.74) is 2.50. The van der Waals surface area contributed by atoms with Crippen molar-refractivity contribution in [2.45, 2.75) is 37.8 Å². The Morgan fingerprint density at radius 3 is 2.48 bits per heavy atom. The van der Waals surface area contributed by atoms with E-state index < -0.39 is 0 Å². The Hall–Kier alpha value is -3.41. The van der Waals surface area contributed by atoms with Crippen LogP contribution >= 0.6 is 0 Å². The summed E-state index contributed by atoms with van der Waals surface area (Å²) in [7, 11) is 0. The first kappa shape index (κ1) is 19.5. The van der Waals surface area contributed by atoms with Crippen LogP contribution in [0.2, 0.25) is 0 Å². The zero-order valence-electron chi connectivity index (χ0n) is 17.5. The topological polar surface area (TPSA) is 69.3 Å². The van der Waals surface area contributed by atoms with Crippen LogP contribution in [0.1, 0.15) is 41.6 Å². The summed E-state index contributed by atoms with van der Waals surface area (Å²) < 4.78 is 0. The normalized spacial score (nSPS) is 18.0. The smallest absolute Gasteiger partial charge is 0.254 e. The molecular formula is C25H26N4O2. The van der Waals surface area contributed by atoms with Gasteiger partial charge in [-0.25, -0.2) is 4.98 Å². The van der Waals surface area contributed by atoms with Gasteiger partial charge >= 0.3 is 0 Å². The van der Waals surface area contributed by atoms with E-state index in [1.54, 1.807) is 12.4 Å². The average Bonchev–Trinajstić information content (AvgIpc) is 3.45. The van der Waals surface area contributed by atoms with Gasteiger partial charge in [0.15, 0.2) is 0 Å². The Morgan fingerprint density at radius 2 is 1.74 bits per heavy atom. The zero-order chi connectivity index (χ0) is 21.3. The van der Waals surface area contributed by atoms with Crippen molar-refractivity contribution in [1.29, 1.82) is 0 Å². The molecule has 0 bridgehead atoms. The van der Waals surface area contributed by atoms with Crippen LogP contribution in [0.4, 0.5) is 0 Å². The first-order valence-corrected chi connectivity index (χ1v) is 10.9. The number of aromatic nitrogens is 2. The van der Waals surface area contributed by atoms with Crippen LogP contribution in [0.3, 0.4) is 0 Å². The number of piperidine rings is 1. The molecule has 3 aromatic rings. The predicted octanol–water partition coefficient (Wildman–Crippen LogP) is 3.87. The minimum Gasteiger partial charge on any atom is -0.345 e. The molecule has 2 fully saturated rings. The van der Waals surface area contributed by atoms with Gasteiger partial charge in [0.2, 0.25) is 5.91 Å². The van der Waals surface area contributed by atoms with Gasteiger partial charge in [0, 0.05) is 49.6 Å². The van der Waals surface area contributed by atoms with Crippen LogP contribution in [0, 0.1) is 0 Å². The summed E-state index contributed by atoms with van der Waals surface area (Å²) in [6.07, 6.45) is 6.57. The van der Waals surface area contributed by atoms with Gasteiger partial charge in [0.05, 0.1) is 5.56 Å². The second-order valence-electron chi connectivity index (χ2n) is 8.47. The van der Waals surface area contributed by atoms with E-state index in [1.807, 2.05) is 47.4 Å². The van der Waals surface area contributed by atoms with E-state index >= 15 is 0 Å². The summed E-state index contributed by atoms with van der Waals surface area (Å²) in [6, 6.07) is 17.8. The third-order valence-corrected chi connectivity index (χ3v) is 6.75. The second-order valence-corrected chi connectivity index (χ2v) is 8.47. The maximum absolute atomic E-state index is 13.4. The highest BCUT2D eigenvalue weighted by atomic mass is 16.2. The number of hydrogen-bond acceptors (Lipinski definition) is 3. The van der Waals surface area contributed by atoms with Crippen molar-refractivity contribution >= 4 is 11.8 Å². The van der Waals surface area contributed by atoms with Crippen molar-refractivity contribution in [3.8, 4) is 11.4 Å². The fourth-order valence-electron chi connectivity index (χ4n) is 5.00. The van der Waals surface area contributed by atoms with Crippen molar-refractivity contribution in [3.05, 3.63) is 78.1 Å². The van der Waals surface area contributed by atoms with Gasteiger partial charge in [-0.3, -0.25) is 9.59 Å². The SMILES string of the molecule is O=C(c1ccccc1-c1ncc[nH]1)N1CCC2(CCC(=O)N2Cc2ccccc2)CC1. The highest BCUT2D eigenvalue weighted by Crippen LogP contribution is 2.40. The minimum atomic E-state index is -0.135. The van der Waals surface area contributed by atoms with Crippen LogP contribution in [-0.2, 0) is 11.3 Å². The minimum absolute atomic E-state index is 0.0285. The van der Waals surface area contributed by atoms with Crippen LogP contribution in [-0.4, -0.2) is 50.2 Å². The van der Waals surface area contributed by atoms with Crippen molar-refractivity contribution in [3.63, 3.8) is 0 Å². The van der Waals surface area contributed by atoms with E-state index in [0.717, 1.165) is 30.4 Å². The van der Waals surface area contributed by atoms with E-state index in [9.17, 15) is 9.59 Å². The van der Waals surface area contributed by atoms with Gasteiger partial charge in [-0.15, -0.1) is 0 Å². The number of carbonyl (C=O) groups is 2. The second kappa shape index (κ2) is 8.02. The molecule has 6 heteroatoms. The lowest BCUT2D eigenvalue weighted by Gasteiger charge is -2.45. The molecule has 0 radical (unpaired) electrons. The van der Waals surface area contributed by atoms with Crippen LogP contribution < -0.4 is 0 Å². The largest absolute Gasteiger partial charge is 0.345 e. The Kier molecular flexibility index (Phi) is 5.06. The summed E-state index contributed by atoms with van der Waals surface area (Å²) >= 11 is 0. The molecule has 1 spiro atoms. The summed E-state index contributed by atoms with van der Waals surface area (Å²) in [5.74, 6) is 0.959. The van der Waals surface area contributed by atoms with Gasteiger partial charge in [-0.05, 0) is 30.9 Å². The monoisotopic (exact) mass is 414 g/mol. The zero-order valence-corrected chi connectivity index (χ0v) is 17.5. The fraction of sp³-hybridized carbons (Fsp3) is 0.320. The lowest BCUT2D eigenvalue weighted by Crippen LogP contribution is -2.53. The molecule has 2 aliphatic rings. The predicted molar refractivity (Wildman–Crippen MR) is 118 cm³/mol. The summed E-state index contributed by atoms with van der Waals surface area (Å²) in [4.78, 5) is 37.5. The number of nitrogens with zero attached hydrogens (tertiary/aromatic N) is 3. The molecule has 5 rings (SSSR count). The van der Waals surface area contributed by atoms with Crippen molar-refractivity contribution in [2.24, 2.45) is 0 Å². The third-order valence-electron chi connectivity index (χ3n) is 6.75. The third kappa shape index (κ3) is 3.63. The number of aromatic amines is 1. The number of H-pyrrole nitrogens is 1. The van der Waals surface area contributed by atoms with Crippen LogP contribution in [0.25, 0.3) is 11.4 Å². The highest BCUT2D eigenvalue weighted by molar-refractivity contribution is 6.00. The summed E-state index contributed by atoms with van der Waals surface area (Å²) in [5, 5.41) is 0. The van der Waals surface area contributed by atoms with Gasteiger partial charge < -0.3 is 14.8 Å². The Labute approximate surface area is 181 Å². The molecule has 1 aromatic heterocycles. The van der Waals surface area contributed by atoms with E-state index in [2.05, 4.69) is 27.0 Å². The van der Waals surface area contributed by atoms with Gasteiger partial charge in [0.1, 0.15) is 5.82 Å². The standard InChI is InChI=1S/C25H26N4O2/c30-22-10-11-25(29(22)18-19-6-2-1-3-7-19)12-16-28(17-13-25)24(31)21-9-5-4-8-20(21)23-26-14-15-27-23/h1-9,14-15H,10-13,16-18H2,(H,26,27). The first-order chi connectivity index (χ1) is 15.2. The molecule has 2 aromatic carbocycles. The number of imidazole rings is 1. The Bertz CT molecular complexity index is 1070. The average molecular weight is 415 g/mol. The van der Waals surface area contributed by atoms with E-state index in [0.29, 0.717) is 37.4 Å². The Balaban J connectivity index is 1.32. The van der Waals surface area contributed by atoms with Crippen LogP contribution in [0.5, 0.6) is 0 Å². The maximum Gasteiger partial charge on any atom is 0.254 e. The van der Waals surface area contributed by atoms with E-state index in [-0.39, 0.29) is 17.4 Å². The molecule has 1 N–H and O–H groups in total. The fourth-order valence-corrected chi connectivity index (χ4v) is 5.00.